The van der Waals surface area contributed by atoms with Gasteiger partial charge in [-0.3, -0.25) is 19.4 Å². The lowest BCUT2D eigenvalue weighted by molar-refractivity contribution is -0.236. The molecule has 2 aromatic rings. The highest BCUT2D eigenvalue weighted by molar-refractivity contribution is 8.00. The first-order chi connectivity index (χ1) is 14.0. The Labute approximate surface area is 176 Å². The Kier molecular flexibility index (Phi) is 5.63. The van der Waals surface area contributed by atoms with Gasteiger partial charge in [-0.05, 0) is 32.9 Å². The summed E-state index contributed by atoms with van der Waals surface area (Å²) in [5.41, 5.74) is -8.88. The lowest BCUT2D eigenvalue weighted by atomic mass is 9.65. The number of nitrogens with zero attached hydrogens (tertiary/aromatic N) is 1. The third kappa shape index (κ3) is 3.07. The number of rotatable bonds is 6. The maximum absolute atomic E-state index is 12.5. The van der Waals surface area contributed by atoms with E-state index in [1.165, 1.54) is 18.7 Å². The first-order valence-electron chi connectivity index (χ1n) is 8.94. The molecule has 10 heteroatoms. The van der Waals surface area contributed by atoms with Crippen LogP contribution in [0.4, 0.5) is 0 Å². The van der Waals surface area contributed by atoms with Crippen LogP contribution in [0.2, 0.25) is 0 Å². The summed E-state index contributed by atoms with van der Waals surface area (Å²) in [6.45, 7) is 2.79. The van der Waals surface area contributed by atoms with Crippen molar-refractivity contribution in [3.63, 3.8) is 0 Å². The van der Waals surface area contributed by atoms with Gasteiger partial charge in [0, 0.05) is 23.1 Å². The molecule has 3 N–H and O–H groups in total. The topological polar surface area (TPSA) is 147 Å². The van der Waals surface area contributed by atoms with E-state index in [0.717, 1.165) is 32.5 Å². The van der Waals surface area contributed by atoms with Gasteiger partial charge in [0.25, 0.3) is 0 Å². The van der Waals surface area contributed by atoms with E-state index in [0.29, 0.717) is 11.1 Å². The predicted molar refractivity (Wildman–Crippen MR) is 106 cm³/mol. The summed E-state index contributed by atoms with van der Waals surface area (Å²) in [5.74, 6) is -3.50. The van der Waals surface area contributed by atoms with Crippen LogP contribution in [-0.4, -0.2) is 65.6 Å². The predicted octanol–water partition coefficient (Wildman–Crippen LogP) is 0.754. The van der Waals surface area contributed by atoms with Crippen molar-refractivity contribution in [1.82, 2.24) is 4.98 Å². The number of Topliss-reactive ketones (excluding diaryl/α,β-unsaturated/α-hetero) is 3. The van der Waals surface area contributed by atoms with Crippen molar-refractivity contribution >= 4 is 29.1 Å². The Bertz CT molecular complexity index is 992. The summed E-state index contributed by atoms with van der Waals surface area (Å²) >= 11 is 0.729. The molecule has 0 amide bonds. The van der Waals surface area contributed by atoms with E-state index < -0.39 is 45.3 Å². The zero-order valence-electron chi connectivity index (χ0n) is 16.5. The van der Waals surface area contributed by atoms with Gasteiger partial charge in [-0.25, -0.2) is 0 Å². The SMILES string of the molecule is CC(=O)[C@]1(O)[C@@](O)(C(C)=O)CS[C@H](Oc2cncc(-c3ccoc3)c2)[C@@]1(O)C(C)=O. The fourth-order valence-corrected chi connectivity index (χ4v) is 5.12. The Balaban J connectivity index is 2.06. The second kappa shape index (κ2) is 7.62. The highest BCUT2D eigenvalue weighted by atomic mass is 32.2. The summed E-state index contributed by atoms with van der Waals surface area (Å²) < 4.78 is 10.8. The molecule has 30 heavy (non-hydrogen) atoms. The van der Waals surface area contributed by atoms with Gasteiger partial charge in [-0.1, -0.05) is 0 Å². The van der Waals surface area contributed by atoms with E-state index in [4.69, 9.17) is 9.15 Å². The molecule has 0 spiro atoms. The zero-order valence-corrected chi connectivity index (χ0v) is 17.3. The minimum Gasteiger partial charge on any atom is -0.474 e. The molecule has 0 radical (unpaired) electrons. The number of thioether (sulfide) groups is 1. The molecule has 0 saturated carbocycles. The van der Waals surface area contributed by atoms with Gasteiger partial charge in [0.15, 0.2) is 34.0 Å². The number of hydrogen-bond donors (Lipinski definition) is 3. The number of ketones is 3. The van der Waals surface area contributed by atoms with Crippen molar-refractivity contribution in [3.05, 3.63) is 37.1 Å². The van der Waals surface area contributed by atoms with Crippen LogP contribution in [0.5, 0.6) is 5.75 Å². The van der Waals surface area contributed by atoms with E-state index >= 15 is 0 Å². The Morgan fingerprint density at radius 1 is 1.10 bits per heavy atom. The summed E-state index contributed by atoms with van der Waals surface area (Å²) in [6, 6.07) is 3.26. The molecule has 0 aromatic carbocycles. The highest BCUT2D eigenvalue weighted by Crippen LogP contribution is 2.49. The highest BCUT2D eigenvalue weighted by Gasteiger charge is 2.75. The van der Waals surface area contributed by atoms with E-state index in [-0.39, 0.29) is 5.75 Å². The van der Waals surface area contributed by atoms with Crippen LogP contribution in [0.15, 0.2) is 41.5 Å². The molecule has 0 unspecified atom stereocenters. The van der Waals surface area contributed by atoms with Gasteiger partial charge < -0.3 is 24.5 Å². The third-order valence-corrected chi connectivity index (χ3v) is 6.70. The average Bonchev–Trinajstić information content (AvgIpc) is 3.23. The molecule has 1 aliphatic rings. The minimum atomic E-state index is -3.11. The minimum absolute atomic E-state index is 0.130. The molecular weight excluding hydrogens is 414 g/mol. The number of carbonyl (C=O) groups excluding carboxylic acids is 3. The molecule has 1 fully saturated rings. The second-order valence-corrected chi connectivity index (χ2v) is 8.24. The van der Waals surface area contributed by atoms with Crippen molar-refractivity contribution < 1.29 is 38.9 Å². The van der Waals surface area contributed by atoms with Crippen LogP contribution in [0, 0.1) is 0 Å². The summed E-state index contributed by atoms with van der Waals surface area (Å²) in [6.07, 6.45) is 5.83. The summed E-state index contributed by atoms with van der Waals surface area (Å²) in [5, 5.41) is 33.3. The second-order valence-electron chi connectivity index (χ2n) is 7.19. The normalized spacial score (nSPS) is 31.2. The maximum atomic E-state index is 12.5. The zero-order chi connectivity index (χ0) is 22.3. The number of aromatic nitrogens is 1. The van der Waals surface area contributed by atoms with Gasteiger partial charge in [-0.15, -0.1) is 11.8 Å². The van der Waals surface area contributed by atoms with Crippen molar-refractivity contribution in [1.29, 1.82) is 0 Å². The number of furan rings is 1. The number of aliphatic hydroxyl groups is 3. The number of hydrogen-bond acceptors (Lipinski definition) is 10. The van der Waals surface area contributed by atoms with E-state index in [1.807, 2.05) is 0 Å². The molecule has 3 heterocycles. The smallest absolute Gasteiger partial charge is 0.208 e. The molecule has 0 aliphatic carbocycles. The van der Waals surface area contributed by atoms with Gasteiger partial charge >= 0.3 is 0 Å². The number of carbonyl (C=O) groups is 3. The Hall–Kier alpha value is -2.53. The van der Waals surface area contributed by atoms with Crippen LogP contribution in [0.25, 0.3) is 11.1 Å². The van der Waals surface area contributed by atoms with Crippen LogP contribution < -0.4 is 4.74 Å². The fourth-order valence-electron chi connectivity index (χ4n) is 3.56. The van der Waals surface area contributed by atoms with E-state index in [2.05, 4.69) is 4.98 Å². The van der Waals surface area contributed by atoms with Crippen molar-refractivity contribution in [3.8, 4) is 16.9 Å². The van der Waals surface area contributed by atoms with E-state index in [1.54, 1.807) is 18.3 Å². The molecule has 9 nitrogen and oxygen atoms in total. The molecule has 1 aliphatic heterocycles. The molecule has 0 bridgehead atoms. The van der Waals surface area contributed by atoms with Crippen molar-refractivity contribution in [2.45, 2.75) is 43.0 Å². The molecule has 3 rings (SSSR count). The summed E-state index contributed by atoms with van der Waals surface area (Å²) in [4.78, 5) is 41.1. The van der Waals surface area contributed by atoms with Crippen molar-refractivity contribution in [2.75, 3.05) is 5.75 Å². The van der Waals surface area contributed by atoms with Gasteiger partial charge in [-0.2, -0.15) is 0 Å². The van der Waals surface area contributed by atoms with Crippen LogP contribution in [-0.2, 0) is 14.4 Å². The summed E-state index contributed by atoms with van der Waals surface area (Å²) in [7, 11) is 0. The third-order valence-electron chi connectivity index (χ3n) is 5.37. The molecule has 1 saturated heterocycles. The molecule has 4 atom stereocenters. The lowest BCUT2D eigenvalue weighted by Gasteiger charge is -2.54. The average molecular weight is 435 g/mol. The molecule has 2 aromatic heterocycles. The Morgan fingerprint density at radius 2 is 1.80 bits per heavy atom. The first-order valence-corrected chi connectivity index (χ1v) is 9.99. The van der Waals surface area contributed by atoms with Crippen LogP contribution in [0.1, 0.15) is 20.8 Å². The first kappa shape index (κ1) is 22.2. The monoisotopic (exact) mass is 435 g/mol. The molecule has 160 valence electrons. The number of pyridine rings is 1. The standard InChI is InChI=1S/C20H21NO8S/c1-11(22)18(25)10-30-17(19(26,12(2)23)20(18,27)13(3)24)29-16-6-15(7-21-8-16)14-4-5-28-9-14/h4-9,17,25-27H,10H2,1-3H3/t17-,18-,19-,20-/m0/s1. The Morgan fingerprint density at radius 3 is 2.33 bits per heavy atom. The van der Waals surface area contributed by atoms with Gasteiger partial charge in [0.1, 0.15) is 5.75 Å². The molecular formula is C20H21NO8S. The fraction of sp³-hybridized carbons (Fsp3) is 0.400. The maximum Gasteiger partial charge on any atom is 0.208 e. The number of ether oxygens (including phenoxy) is 1. The van der Waals surface area contributed by atoms with Crippen LogP contribution in [0.3, 0.4) is 0 Å². The van der Waals surface area contributed by atoms with Crippen LogP contribution >= 0.6 is 11.8 Å². The lowest BCUT2D eigenvalue weighted by Crippen LogP contribution is -2.82. The van der Waals surface area contributed by atoms with Crippen molar-refractivity contribution in [2.24, 2.45) is 0 Å². The largest absolute Gasteiger partial charge is 0.474 e. The van der Waals surface area contributed by atoms with Gasteiger partial charge in [0.05, 0.1) is 18.7 Å². The van der Waals surface area contributed by atoms with Gasteiger partial charge in [0.2, 0.25) is 5.60 Å². The van der Waals surface area contributed by atoms with E-state index in [9.17, 15) is 29.7 Å². The quantitative estimate of drug-likeness (QED) is 0.594.